The Hall–Kier alpha value is -4.02. The molecule has 0 bridgehead atoms. The summed E-state index contributed by atoms with van der Waals surface area (Å²) < 4.78 is 16.9. The lowest BCUT2D eigenvalue weighted by Gasteiger charge is -2.14. The SMILES string of the molecule is CCOc1cc(/C=C2\N=C(c3ccc(Cl)c([N+](=O)[O-])c3)OC2=O)cc(Br)c1OC(=O)c1cccc(C)c1. The van der Waals surface area contributed by atoms with Crippen molar-refractivity contribution in [2.45, 2.75) is 13.8 Å². The average molecular weight is 586 g/mol. The van der Waals surface area contributed by atoms with E-state index in [9.17, 15) is 19.7 Å². The Morgan fingerprint density at radius 2 is 2.00 bits per heavy atom. The molecule has 1 aliphatic rings. The van der Waals surface area contributed by atoms with Gasteiger partial charge in [-0.25, -0.2) is 14.6 Å². The third kappa shape index (κ3) is 5.87. The van der Waals surface area contributed by atoms with Crippen molar-refractivity contribution < 1.29 is 28.7 Å². The van der Waals surface area contributed by atoms with Crippen LogP contribution in [0.1, 0.15) is 34.0 Å². The number of aryl methyl sites for hydroxylation is 1. The smallest absolute Gasteiger partial charge is 0.363 e. The molecule has 3 aromatic carbocycles. The summed E-state index contributed by atoms with van der Waals surface area (Å²) in [4.78, 5) is 39.9. The lowest BCUT2D eigenvalue weighted by atomic mass is 10.1. The summed E-state index contributed by atoms with van der Waals surface area (Å²) in [5.41, 5.74) is 1.66. The van der Waals surface area contributed by atoms with E-state index in [-0.39, 0.29) is 39.4 Å². The number of rotatable bonds is 7. The van der Waals surface area contributed by atoms with E-state index in [0.717, 1.165) is 5.56 Å². The van der Waals surface area contributed by atoms with Gasteiger partial charge in [-0.15, -0.1) is 0 Å². The first-order valence-electron chi connectivity index (χ1n) is 10.9. The molecule has 0 fully saturated rings. The highest BCUT2D eigenvalue weighted by molar-refractivity contribution is 9.10. The fourth-order valence-corrected chi connectivity index (χ4v) is 4.16. The average Bonchev–Trinajstić information content (AvgIpc) is 3.21. The molecule has 0 spiro atoms. The predicted molar refractivity (Wildman–Crippen MR) is 140 cm³/mol. The fourth-order valence-electron chi connectivity index (χ4n) is 3.43. The fraction of sp³-hybridized carbons (Fsp3) is 0.115. The molecule has 1 aliphatic heterocycles. The molecule has 1 heterocycles. The van der Waals surface area contributed by atoms with E-state index < -0.39 is 16.9 Å². The van der Waals surface area contributed by atoms with E-state index in [1.807, 2.05) is 13.0 Å². The second kappa shape index (κ2) is 10.9. The molecule has 4 rings (SSSR count). The lowest BCUT2D eigenvalue weighted by Crippen LogP contribution is -2.10. The van der Waals surface area contributed by atoms with Gasteiger partial charge in [-0.05, 0) is 77.8 Å². The molecule has 0 saturated heterocycles. The van der Waals surface area contributed by atoms with Gasteiger partial charge in [-0.1, -0.05) is 29.3 Å². The molecule has 9 nitrogen and oxygen atoms in total. The number of halogens is 2. The van der Waals surface area contributed by atoms with E-state index in [1.165, 1.54) is 24.3 Å². The molecule has 0 radical (unpaired) electrons. The quantitative estimate of drug-likeness (QED) is 0.105. The number of nitro groups is 1. The Morgan fingerprint density at radius 1 is 1.22 bits per heavy atom. The Balaban J connectivity index is 1.66. The molecule has 0 amide bonds. The van der Waals surface area contributed by atoms with Crippen molar-refractivity contribution in [3.63, 3.8) is 0 Å². The maximum Gasteiger partial charge on any atom is 0.363 e. The van der Waals surface area contributed by atoms with Crippen LogP contribution in [-0.2, 0) is 9.53 Å². The zero-order chi connectivity index (χ0) is 26.7. The number of esters is 2. The van der Waals surface area contributed by atoms with Crippen LogP contribution in [0.5, 0.6) is 11.5 Å². The zero-order valence-corrected chi connectivity index (χ0v) is 21.8. The Kier molecular flexibility index (Phi) is 7.70. The molecule has 0 aromatic heterocycles. The van der Waals surface area contributed by atoms with Gasteiger partial charge in [-0.3, -0.25) is 10.1 Å². The van der Waals surface area contributed by atoms with Gasteiger partial charge in [0.05, 0.1) is 21.6 Å². The molecule has 0 atom stereocenters. The molecule has 0 N–H and O–H groups in total. The number of hydrogen-bond donors (Lipinski definition) is 0. The van der Waals surface area contributed by atoms with Crippen LogP contribution in [0, 0.1) is 17.0 Å². The number of cyclic esters (lactones) is 1. The van der Waals surface area contributed by atoms with Crippen LogP contribution in [-0.4, -0.2) is 29.4 Å². The van der Waals surface area contributed by atoms with Crippen LogP contribution in [0.15, 0.2) is 69.8 Å². The van der Waals surface area contributed by atoms with Crippen molar-refractivity contribution in [3.8, 4) is 11.5 Å². The lowest BCUT2D eigenvalue weighted by molar-refractivity contribution is -0.384. The number of ether oxygens (including phenoxy) is 3. The first-order valence-corrected chi connectivity index (χ1v) is 12.1. The third-order valence-electron chi connectivity index (χ3n) is 5.09. The standard InChI is InChI=1S/C26H18BrClN2O7/c1-3-35-22-12-15(10-18(27)23(22)36-25(31)17-6-4-5-14(2)9-17)11-20-26(32)37-24(29-20)16-7-8-19(28)21(13-16)30(33)34/h4-13H,3H2,1-2H3/b20-11-. The monoisotopic (exact) mass is 584 g/mol. The highest BCUT2D eigenvalue weighted by Crippen LogP contribution is 2.38. The number of nitrogens with zero attached hydrogens (tertiary/aromatic N) is 2. The van der Waals surface area contributed by atoms with Gasteiger partial charge in [0.1, 0.15) is 5.02 Å². The largest absolute Gasteiger partial charge is 0.490 e. The number of nitro benzene ring substituents is 1. The van der Waals surface area contributed by atoms with Crippen LogP contribution < -0.4 is 9.47 Å². The summed E-state index contributed by atoms with van der Waals surface area (Å²) in [6.07, 6.45) is 1.46. The maximum absolute atomic E-state index is 12.7. The van der Waals surface area contributed by atoms with Crippen LogP contribution in [0.25, 0.3) is 6.08 Å². The topological polar surface area (TPSA) is 117 Å². The zero-order valence-electron chi connectivity index (χ0n) is 19.5. The highest BCUT2D eigenvalue weighted by atomic mass is 79.9. The number of carbonyl (C=O) groups is 2. The van der Waals surface area contributed by atoms with E-state index in [1.54, 1.807) is 37.3 Å². The summed E-state index contributed by atoms with van der Waals surface area (Å²) in [7, 11) is 0. The van der Waals surface area contributed by atoms with Gasteiger partial charge in [0.25, 0.3) is 5.69 Å². The van der Waals surface area contributed by atoms with Crippen molar-refractivity contribution >= 4 is 57.1 Å². The van der Waals surface area contributed by atoms with Gasteiger partial charge >= 0.3 is 11.9 Å². The minimum Gasteiger partial charge on any atom is -0.490 e. The summed E-state index contributed by atoms with van der Waals surface area (Å²) in [5.74, 6) is -0.932. The van der Waals surface area contributed by atoms with E-state index in [0.29, 0.717) is 22.2 Å². The Morgan fingerprint density at radius 3 is 2.70 bits per heavy atom. The molecular formula is C26H18BrClN2O7. The first kappa shape index (κ1) is 26.1. The molecule has 0 aliphatic carbocycles. The van der Waals surface area contributed by atoms with Gasteiger partial charge in [0.2, 0.25) is 5.90 Å². The van der Waals surface area contributed by atoms with E-state index >= 15 is 0 Å². The van der Waals surface area contributed by atoms with Gasteiger partial charge in [-0.2, -0.15) is 0 Å². The minimum atomic E-state index is -0.739. The van der Waals surface area contributed by atoms with Crippen molar-refractivity contribution in [2.75, 3.05) is 6.61 Å². The molecule has 37 heavy (non-hydrogen) atoms. The highest BCUT2D eigenvalue weighted by Gasteiger charge is 2.27. The van der Waals surface area contributed by atoms with Crippen LogP contribution in [0.3, 0.4) is 0 Å². The first-order chi connectivity index (χ1) is 17.7. The molecule has 188 valence electrons. The number of hydrogen-bond acceptors (Lipinski definition) is 8. The third-order valence-corrected chi connectivity index (χ3v) is 6.00. The van der Waals surface area contributed by atoms with Crippen LogP contribution in [0.2, 0.25) is 5.02 Å². The van der Waals surface area contributed by atoms with Crippen LogP contribution in [0.4, 0.5) is 5.69 Å². The minimum absolute atomic E-state index is 0.0357. The normalized spacial score (nSPS) is 13.8. The van der Waals surface area contributed by atoms with Gasteiger partial charge in [0.15, 0.2) is 17.2 Å². The Bertz CT molecular complexity index is 1500. The molecule has 0 saturated carbocycles. The van der Waals surface area contributed by atoms with Gasteiger partial charge < -0.3 is 14.2 Å². The van der Waals surface area contributed by atoms with Crippen molar-refractivity contribution in [1.82, 2.24) is 0 Å². The van der Waals surface area contributed by atoms with E-state index in [4.69, 9.17) is 25.8 Å². The second-order valence-corrected chi connectivity index (χ2v) is 9.04. The molecular weight excluding hydrogens is 568 g/mol. The number of carbonyl (C=O) groups excluding carboxylic acids is 2. The second-order valence-electron chi connectivity index (χ2n) is 7.78. The molecule has 11 heteroatoms. The summed E-state index contributed by atoms with van der Waals surface area (Å²) in [6.45, 7) is 3.94. The Labute approximate surface area is 224 Å². The number of aliphatic imine (C=N–C) groups is 1. The summed E-state index contributed by atoms with van der Waals surface area (Å²) in [5, 5.41) is 11.1. The predicted octanol–water partition coefficient (Wildman–Crippen LogP) is 6.28. The van der Waals surface area contributed by atoms with Crippen molar-refractivity contribution in [3.05, 3.63) is 102 Å². The van der Waals surface area contributed by atoms with Gasteiger partial charge in [0, 0.05) is 11.6 Å². The van der Waals surface area contributed by atoms with Crippen molar-refractivity contribution in [1.29, 1.82) is 0 Å². The van der Waals surface area contributed by atoms with Crippen LogP contribution >= 0.6 is 27.5 Å². The summed E-state index contributed by atoms with van der Waals surface area (Å²) in [6, 6.07) is 14.2. The summed E-state index contributed by atoms with van der Waals surface area (Å²) >= 11 is 9.27. The number of benzene rings is 3. The molecule has 3 aromatic rings. The maximum atomic E-state index is 12.7. The van der Waals surface area contributed by atoms with Crippen molar-refractivity contribution in [2.24, 2.45) is 4.99 Å². The molecule has 0 unspecified atom stereocenters. The van der Waals surface area contributed by atoms with E-state index in [2.05, 4.69) is 20.9 Å².